The first kappa shape index (κ1) is 20.5. The third-order valence-corrected chi connectivity index (χ3v) is 5.08. The molecule has 1 N–H and O–H groups in total. The smallest absolute Gasteiger partial charge is 0.194 e. The van der Waals surface area contributed by atoms with Gasteiger partial charge in [0, 0.05) is 50.4 Å². The fraction of sp³-hybridized carbons (Fsp3) is 0.438. The average Bonchev–Trinajstić information content (AvgIpc) is 3.07. The fourth-order valence-corrected chi connectivity index (χ4v) is 3.68. The molecule has 2 rings (SSSR count). The van der Waals surface area contributed by atoms with E-state index in [1.54, 1.807) is 11.3 Å². The second-order valence-corrected chi connectivity index (χ2v) is 7.71. The number of rotatable bonds is 6. The lowest BCUT2D eigenvalue weighted by Gasteiger charge is -2.22. The fourth-order valence-electron chi connectivity index (χ4n) is 2.21. The largest absolute Gasteiger partial charge is 0.357 e. The van der Waals surface area contributed by atoms with Crippen LogP contribution >= 0.6 is 51.2 Å². The molecule has 128 valence electrons. The third kappa shape index (κ3) is 6.46. The minimum absolute atomic E-state index is 0. The van der Waals surface area contributed by atoms with Crippen LogP contribution in [0.25, 0.3) is 0 Å². The summed E-state index contributed by atoms with van der Waals surface area (Å²) in [7, 11) is 4.15. The highest BCUT2D eigenvalue weighted by atomic mass is 127. The zero-order valence-electron chi connectivity index (χ0n) is 13.8. The van der Waals surface area contributed by atoms with Crippen molar-refractivity contribution in [2.24, 2.45) is 12.0 Å². The van der Waals surface area contributed by atoms with Crippen molar-refractivity contribution in [1.29, 1.82) is 0 Å². The van der Waals surface area contributed by atoms with E-state index in [2.05, 4.69) is 82.2 Å². The first-order valence-corrected chi connectivity index (χ1v) is 9.05. The lowest BCUT2D eigenvalue weighted by Crippen LogP contribution is -2.39. The molecule has 0 bridgehead atoms. The summed E-state index contributed by atoms with van der Waals surface area (Å²) in [4.78, 5) is 8.27. The van der Waals surface area contributed by atoms with Crippen molar-refractivity contribution < 1.29 is 0 Å². The van der Waals surface area contributed by atoms with Gasteiger partial charge >= 0.3 is 0 Å². The Morgan fingerprint density at radius 1 is 1.39 bits per heavy atom. The van der Waals surface area contributed by atoms with Crippen molar-refractivity contribution in [2.75, 3.05) is 20.1 Å². The molecule has 23 heavy (non-hydrogen) atoms. The standard InChI is InChI=1S/C16H23BrN4S.HI/c1-4-18-16(19-10-9-14-7-8-15(17)22-14)21(3)12-13-6-5-11-20(13)2;/h5-8,11H,4,9-10,12H2,1-3H3,(H,18,19);1H. The summed E-state index contributed by atoms with van der Waals surface area (Å²) in [6.45, 7) is 4.62. The number of guanidine groups is 1. The van der Waals surface area contributed by atoms with Gasteiger partial charge in [-0.05, 0) is 47.1 Å². The van der Waals surface area contributed by atoms with Crippen molar-refractivity contribution in [3.63, 3.8) is 0 Å². The van der Waals surface area contributed by atoms with E-state index in [4.69, 9.17) is 4.99 Å². The Hall–Kier alpha value is -0.540. The Balaban J connectivity index is 0.00000264. The van der Waals surface area contributed by atoms with Gasteiger partial charge in [-0.3, -0.25) is 4.99 Å². The van der Waals surface area contributed by atoms with Gasteiger partial charge in [-0.1, -0.05) is 0 Å². The molecule has 0 unspecified atom stereocenters. The normalized spacial score (nSPS) is 11.2. The summed E-state index contributed by atoms with van der Waals surface area (Å²) in [5, 5.41) is 3.37. The molecule has 0 amide bonds. The molecule has 0 atom stereocenters. The molecule has 0 saturated heterocycles. The van der Waals surface area contributed by atoms with E-state index < -0.39 is 0 Å². The molecule has 0 aromatic carbocycles. The van der Waals surface area contributed by atoms with Gasteiger partial charge in [0.15, 0.2) is 5.96 Å². The second-order valence-electron chi connectivity index (χ2n) is 5.16. The van der Waals surface area contributed by atoms with Crippen molar-refractivity contribution in [3.8, 4) is 0 Å². The van der Waals surface area contributed by atoms with E-state index in [-0.39, 0.29) is 24.0 Å². The molecule has 0 radical (unpaired) electrons. The quantitative estimate of drug-likeness (QED) is 0.360. The molecule has 0 aliphatic carbocycles. The highest BCUT2D eigenvalue weighted by Gasteiger charge is 2.08. The Morgan fingerprint density at radius 3 is 2.74 bits per heavy atom. The number of aliphatic imine (C=N–C) groups is 1. The van der Waals surface area contributed by atoms with E-state index in [9.17, 15) is 0 Å². The van der Waals surface area contributed by atoms with E-state index in [0.717, 1.165) is 32.0 Å². The van der Waals surface area contributed by atoms with Crippen molar-refractivity contribution in [1.82, 2.24) is 14.8 Å². The molecule has 0 saturated carbocycles. The predicted octanol–water partition coefficient (Wildman–Crippen LogP) is 4.11. The van der Waals surface area contributed by atoms with Crippen molar-refractivity contribution >= 4 is 57.2 Å². The number of hydrogen-bond donors (Lipinski definition) is 1. The third-order valence-electron chi connectivity index (χ3n) is 3.40. The zero-order chi connectivity index (χ0) is 15.9. The van der Waals surface area contributed by atoms with E-state index in [1.807, 2.05) is 0 Å². The molecule has 0 spiro atoms. The topological polar surface area (TPSA) is 32.6 Å². The highest BCUT2D eigenvalue weighted by Crippen LogP contribution is 2.22. The van der Waals surface area contributed by atoms with E-state index >= 15 is 0 Å². The van der Waals surface area contributed by atoms with Crippen LogP contribution in [0.15, 0.2) is 39.2 Å². The maximum atomic E-state index is 4.74. The average molecular weight is 511 g/mol. The maximum absolute atomic E-state index is 4.74. The summed E-state index contributed by atoms with van der Waals surface area (Å²) in [6, 6.07) is 8.46. The van der Waals surface area contributed by atoms with E-state index in [0.29, 0.717) is 0 Å². The van der Waals surface area contributed by atoms with Crippen LogP contribution in [0.4, 0.5) is 0 Å². The minimum Gasteiger partial charge on any atom is -0.357 e. The minimum atomic E-state index is 0. The summed E-state index contributed by atoms with van der Waals surface area (Å²) >= 11 is 5.28. The lowest BCUT2D eigenvalue weighted by atomic mass is 10.3. The molecular weight excluding hydrogens is 487 g/mol. The SMILES string of the molecule is CCNC(=NCCc1ccc(Br)s1)N(C)Cc1cccn1C.I. The van der Waals surface area contributed by atoms with Crippen LogP contribution in [0.2, 0.25) is 0 Å². The lowest BCUT2D eigenvalue weighted by molar-refractivity contribution is 0.462. The van der Waals surface area contributed by atoms with Gasteiger partial charge in [-0.15, -0.1) is 35.3 Å². The van der Waals surface area contributed by atoms with Crippen LogP contribution in [-0.4, -0.2) is 35.6 Å². The van der Waals surface area contributed by atoms with Crippen LogP contribution in [0.1, 0.15) is 17.5 Å². The molecule has 2 aromatic rings. The van der Waals surface area contributed by atoms with Gasteiger partial charge in [0.2, 0.25) is 0 Å². The molecule has 2 aromatic heterocycles. The first-order chi connectivity index (χ1) is 10.6. The second kappa shape index (κ2) is 10.4. The van der Waals surface area contributed by atoms with Gasteiger partial charge in [0.05, 0.1) is 10.3 Å². The predicted molar refractivity (Wildman–Crippen MR) is 114 cm³/mol. The zero-order valence-corrected chi connectivity index (χ0v) is 18.5. The summed E-state index contributed by atoms with van der Waals surface area (Å²) in [6.07, 6.45) is 3.05. The number of nitrogens with zero attached hydrogens (tertiary/aromatic N) is 3. The van der Waals surface area contributed by atoms with Crippen LogP contribution in [-0.2, 0) is 20.0 Å². The molecular formula is C16H24BrIN4S. The highest BCUT2D eigenvalue weighted by molar-refractivity contribution is 14.0. The Labute approximate surface area is 168 Å². The summed E-state index contributed by atoms with van der Waals surface area (Å²) < 4.78 is 3.32. The molecule has 0 aliphatic heterocycles. The van der Waals surface area contributed by atoms with Gasteiger partial charge in [-0.2, -0.15) is 0 Å². The molecule has 0 aliphatic rings. The molecule has 2 heterocycles. The molecule has 4 nitrogen and oxygen atoms in total. The van der Waals surface area contributed by atoms with Crippen LogP contribution in [0.3, 0.4) is 0 Å². The Kier molecular flexibility index (Phi) is 9.23. The number of thiophene rings is 1. The van der Waals surface area contributed by atoms with Crippen LogP contribution in [0.5, 0.6) is 0 Å². The number of halogens is 2. The summed E-state index contributed by atoms with van der Waals surface area (Å²) in [5.41, 5.74) is 1.27. The number of hydrogen-bond acceptors (Lipinski definition) is 2. The van der Waals surface area contributed by atoms with Crippen molar-refractivity contribution in [3.05, 3.63) is 44.8 Å². The van der Waals surface area contributed by atoms with E-state index in [1.165, 1.54) is 14.4 Å². The summed E-state index contributed by atoms with van der Waals surface area (Å²) in [5.74, 6) is 0.958. The number of aryl methyl sites for hydroxylation is 1. The van der Waals surface area contributed by atoms with Gasteiger partial charge < -0.3 is 14.8 Å². The van der Waals surface area contributed by atoms with Gasteiger partial charge in [-0.25, -0.2) is 0 Å². The molecule has 7 heteroatoms. The van der Waals surface area contributed by atoms with Crippen molar-refractivity contribution in [2.45, 2.75) is 19.9 Å². The van der Waals surface area contributed by atoms with Crippen LogP contribution < -0.4 is 5.32 Å². The number of nitrogens with one attached hydrogen (secondary N) is 1. The van der Waals surface area contributed by atoms with Crippen LogP contribution in [0, 0.1) is 0 Å². The van der Waals surface area contributed by atoms with Gasteiger partial charge in [0.1, 0.15) is 0 Å². The monoisotopic (exact) mass is 510 g/mol. The first-order valence-electron chi connectivity index (χ1n) is 7.44. The molecule has 0 fully saturated rings. The number of aromatic nitrogens is 1. The van der Waals surface area contributed by atoms with Gasteiger partial charge in [0.25, 0.3) is 0 Å². The Bertz CT molecular complexity index is 623. The maximum Gasteiger partial charge on any atom is 0.194 e. The Morgan fingerprint density at radius 2 is 2.17 bits per heavy atom.